The van der Waals surface area contributed by atoms with E-state index in [0.29, 0.717) is 21.3 Å². The Morgan fingerprint density at radius 2 is 2.12 bits per heavy atom. The smallest absolute Gasteiger partial charge is 0.203 e. The Morgan fingerprint density at radius 3 is 2.76 bits per heavy atom. The average Bonchev–Trinajstić information content (AvgIpc) is 2.76. The first-order valence-electron chi connectivity index (χ1n) is 5.30. The van der Waals surface area contributed by atoms with E-state index < -0.39 is 0 Å². The fourth-order valence-corrected chi connectivity index (χ4v) is 2.62. The van der Waals surface area contributed by atoms with Crippen LogP contribution in [0, 0.1) is 0 Å². The van der Waals surface area contributed by atoms with E-state index in [-0.39, 0.29) is 5.78 Å². The van der Waals surface area contributed by atoms with Crippen molar-refractivity contribution in [3.63, 3.8) is 0 Å². The topological polar surface area (TPSA) is 43.1 Å². The van der Waals surface area contributed by atoms with E-state index >= 15 is 0 Å². The summed E-state index contributed by atoms with van der Waals surface area (Å²) in [6.45, 7) is 0.586. The van der Waals surface area contributed by atoms with Gasteiger partial charge in [0, 0.05) is 5.56 Å². The van der Waals surface area contributed by atoms with Crippen LogP contribution in [0.1, 0.15) is 20.8 Å². The predicted octanol–water partition coefficient (Wildman–Crippen LogP) is 3.13. The molecule has 1 heterocycles. The second-order valence-electron chi connectivity index (χ2n) is 3.67. The molecule has 17 heavy (non-hydrogen) atoms. The Balaban J connectivity index is 2.27. The van der Waals surface area contributed by atoms with E-state index in [9.17, 15) is 4.79 Å². The SMILES string of the molecule is NCCc1cccc(C(=O)c2ccc(Cl)s2)c1. The molecule has 1 aromatic heterocycles. The monoisotopic (exact) mass is 265 g/mol. The number of ketones is 1. The van der Waals surface area contributed by atoms with Gasteiger partial charge < -0.3 is 5.73 Å². The van der Waals surface area contributed by atoms with Crippen LogP contribution in [0.3, 0.4) is 0 Å². The van der Waals surface area contributed by atoms with Crippen LogP contribution < -0.4 is 5.73 Å². The van der Waals surface area contributed by atoms with E-state index in [0.717, 1.165) is 12.0 Å². The van der Waals surface area contributed by atoms with E-state index in [1.807, 2.05) is 24.3 Å². The van der Waals surface area contributed by atoms with Crippen molar-refractivity contribution in [2.75, 3.05) is 6.54 Å². The third kappa shape index (κ3) is 2.94. The van der Waals surface area contributed by atoms with Gasteiger partial charge in [0.15, 0.2) is 0 Å². The second-order valence-corrected chi connectivity index (χ2v) is 5.39. The van der Waals surface area contributed by atoms with Crippen molar-refractivity contribution in [1.82, 2.24) is 0 Å². The Kier molecular flexibility index (Phi) is 3.94. The molecule has 1 aromatic carbocycles. The van der Waals surface area contributed by atoms with Crippen LogP contribution >= 0.6 is 22.9 Å². The minimum absolute atomic E-state index is 0.0146. The molecule has 0 aliphatic rings. The zero-order valence-electron chi connectivity index (χ0n) is 9.15. The first-order chi connectivity index (χ1) is 8.20. The third-order valence-corrected chi connectivity index (χ3v) is 3.65. The zero-order valence-corrected chi connectivity index (χ0v) is 10.7. The predicted molar refractivity (Wildman–Crippen MR) is 72.0 cm³/mol. The van der Waals surface area contributed by atoms with E-state index in [4.69, 9.17) is 17.3 Å². The summed E-state index contributed by atoms with van der Waals surface area (Å²) < 4.78 is 0.631. The van der Waals surface area contributed by atoms with Gasteiger partial charge in [0.25, 0.3) is 0 Å². The summed E-state index contributed by atoms with van der Waals surface area (Å²) in [7, 11) is 0. The van der Waals surface area contributed by atoms with Gasteiger partial charge in [0.2, 0.25) is 5.78 Å². The lowest BCUT2D eigenvalue weighted by molar-refractivity contribution is 0.104. The first-order valence-corrected chi connectivity index (χ1v) is 6.49. The number of rotatable bonds is 4. The molecule has 0 fully saturated rings. The molecule has 0 saturated carbocycles. The maximum absolute atomic E-state index is 12.1. The highest BCUT2D eigenvalue weighted by Gasteiger charge is 2.11. The molecule has 4 heteroatoms. The lowest BCUT2D eigenvalue weighted by Gasteiger charge is -2.02. The Morgan fingerprint density at radius 1 is 1.29 bits per heavy atom. The Labute approximate surface area is 109 Å². The minimum atomic E-state index is 0.0146. The van der Waals surface area contributed by atoms with Gasteiger partial charge in [0.1, 0.15) is 0 Å². The van der Waals surface area contributed by atoms with Crippen molar-refractivity contribution in [1.29, 1.82) is 0 Å². The van der Waals surface area contributed by atoms with Crippen LogP contribution in [0.15, 0.2) is 36.4 Å². The maximum atomic E-state index is 12.1. The molecule has 0 aliphatic heterocycles. The van der Waals surface area contributed by atoms with Crippen LogP contribution in [0.25, 0.3) is 0 Å². The average molecular weight is 266 g/mol. The summed E-state index contributed by atoms with van der Waals surface area (Å²) in [4.78, 5) is 12.8. The lowest BCUT2D eigenvalue weighted by Crippen LogP contribution is -2.04. The van der Waals surface area contributed by atoms with Crippen LogP contribution in [0.4, 0.5) is 0 Å². The first kappa shape index (κ1) is 12.3. The number of carbonyl (C=O) groups excluding carboxylic acids is 1. The molecule has 2 rings (SSSR count). The second kappa shape index (κ2) is 5.45. The van der Waals surface area contributed by atoms with Gasteiger partial charge in [-0.2, -0.15) is 0 Å². The highest BCUT2D eigenvalue weighted by atomic mass is 35.5. The van der Waals surface area contributed by atoms with Gasteiger partial charge in [-0.05, 0) is 36.7 Å². The van der Waals surface area contributed by atoms with E-state index in [2.05, 4.69) is 0 Å². The molecule has 0 unspecified atom stereocenters. The lowest BCUT2D eigenvalue weighted by atomic mass is 10.0. The molecule has 0 saturated heterocycles. The van der Waals surface area contributed by atoms with E-state index in [1.165, 1.54) is 11.3 Å². The summed E-state index contributed by atoms with van der Waals surface area (Å²) in [5, 5.41) is 0. The fraction of sp³-hybridized carbons (Fsp3) is 0.154. The molecule has 2 aromatic rings. The standard InChI is InChI=1S/C13H12ClNOS/c14-12-5-4-11(17-12)13(16)10-3-1-2-9(8-10)6-7-15/h1-5,8H,6-7,15H2. The van der Waals surface area contributed by atoms with Gasteiger partial charge >= 0.3 is 0 Å². The number of nitrogens with two attached hydrogens (primary N) is 1. The number of hydrogen-bond donors (Lipinski definition) is 1. The number of halogens is 1. The molecule has 2 nitrogen and oxygen atoms in total. The molecule has 2 N–H and O–H groups in total. The molecule has 0 atom stereocenters. The molecule has 0 spiro atoms. The van der Waals surface area contributed by atoms with Crippen LogP contribution in [0.5, 0.6) is 0 Å². The van der Waals surface area contributed by atoms with Gasteiger partial charge in [0.05, 0.1) is 9.21 Å². The summed E-state index contributed by atoms with van der Waals surface area (Å²) in [6, 6.07) is 11.1. The van der Waals surface area contributed by atoms with Crippen molar-refractivity contribution in [2.45, 2.75) is 6.42 Å². The van der Waals surface area contributed by atoms with Crippen LogP contribution in [-0.4, -0.2) is 12.3 Å². The number of thiophene rings is 1. The molecular formula is C13H12ClNOS. The summed E-state index contributed by atoms with van der Waals surface area (Å²) in [5.41, 5.74) is 7.27. The highest BCUT2D eigenvalue weighted by molar-refractivity contribution is 7.18. The van der Waals surface area contributed by atoms with E-state index in [1.54, 1.807) is 12.1 Å². The van der Waals surface area contributed by atoms with Crippen LogP contribution in [0.2, 0.25) is 4.34 Å². The Hall–Kier alpha value is -1.16. The van der Waals surface area contributed by atoms with Crippen molar-refractivity contribution in [3.05, 3.63) is 56.7 Å². The van der Waals surface area contributed by atoms with Crippen molar-refractivity contribution >= 4 is 28.7 Å². The van der Waals surface area contributed by atoms with Gasteiger partial charge in [-0.25, -0.2) is 0 Å². The molecule has 0 radical (unpaired) electrons. The minimum Gasteiger partial charge on any atom is -0.330 e. The zero-order chi connectivity index (χ0) is 12.3. The number of hydrogen-bond acceptors (Lipinski definition) is 3. The highest BCUT2D eigenvalue weighted by Crippen LogP contribution is 2.24. The van der Waals surface area contributed by atoms with Crippen molar-refractivity contribution in [3.8, 4) is 0 Å². The summed E-state index contributed by atoms with van der Waals surface area (Å²) in [5.74, 6) is 0.0146. The third-order valence-electron chi connectivity index (χ3n) is 2.42. The van der Waals surface area contributed by atoms with Gasteiger partial charge in [-0.15, -0.1) is 11.3 Å². The fourth-order valence-electron chi connectivity index (χ4n) is 1.61. The van der Waals surface area contributed by atoms with Crippen molar-refractivity contribution in [2.24, 2.45) is 5.73 Å². The van der Waals surface area contributed by atoms with Gasteiger partial charge in [-0.1, -0.05) is 29.8 Å². The number of benzene rings is 1. The maximum Gasteiger partial charge on any atom is 0.203 e. The Bertz CT molecular complexity index is 536. The largest absolute Gasteiger partial charge is 0.330 e. The molecule has 0 amide bonds. The van der Waals surface area contributed by atoms with Gasteiger partial charge in [-0.3, -0.25) is 4.79 Å². The molecular weight excluding hydrogens is 254 g/mol. The quantitative estimate of drug-likeness (QED) is 0.863. The normalized spacial score (nSPS) is 10.5. The summed E-state index contributed by atoms with van der Waals surface area (Å²) >= 11 is 7.12. The molecule has 88 valence electrons. The molecule has 0 bridgehead atoms. The number of carbonyl (C=O) groups is 1. The summed E-state index contributed by atoms with van der Waals surface area (Å²) in [6.07, 6.45) is 0.784. The van der Waals surface area contributed by atoms with Crippen molar-refractivity contribution < 1.29 is 4.79 Å². The molecule has 0 aliphatic carbocycles. The van der Waals surface area contributed by atoms with Crippen LogP contribution in [-0.2, 0) is 6.42 Å².